The van der Waals surface area contributed by atoms with E-state index in [1.807, 2.05) is 0 Å². The van der Waals surface area contributed by atoms with Gasteiger partial charge in [0.1, 0.15) is 5.52 Å². The van der Waals surface area contributed by atoms with Gasteiger partial charge in [0.25, 0.3) is 0 Å². The largest absolute Gasteiger partial charge is 0.440 e. The molecule has 1 N–H and O–H groups in total. The Morgan fingerprint density at radius 3 is 2.78 bits per heavy atom. The summed E-state index contributed by atoms with van der Waals surface area (Å²) in [4.78, 5) is 4.68. The smallest absolute Gasteiger partial charge is 0.198 e. The molecular formula is C15H20N2O. The van der Waals surface area contributed by atoms with Gasteiger partial charge in [-0.15, -0.1) is 0 Å². The summed E-state index contributed by atoms with van der Waals surface area (Å²) in [6, 6.07) is 6.27. The fourth-order valence-corrected chi connectivity index (χ4v) is 2.69. The van der Waals surface area contributed by atoms with Crippen LogP contribution in [0.1, 0.15) is 50.0 Å². The lowest BCUT2D eigenvalue weighted by molar-refractivity contribution is 0.384. The molecule has 1 fully saturated rings. The van der Waals surface area contributed by atoms with Gasteiger partial charge in [0.15, 0.2) is 11.5 Å². The fourth-order valence-electron chi connectivity index (χ4n) is 2.69. The highest BCUT2D eigenvalue weighted by atomic mass is 16.3. The highest BCUT2D eigenvalue weighted by Crippen LogP contribution is 2.31. The Kier molecular flexibility index (Phi) is 3.08. The lowest BCUT2D eigenvalue weighted by Crippen LogP contribution is -2.26. The minimum absolute atomic E-state index is 0.475. The zero-order valence-corrected chi connectivity index (χ0v) is 11.1. The molecule has 2 aromatic rings. The first-order valence-corrected chi connectivity index (χ1v) is 6.86. The summed E-state index contributed by atoms with van der Waals surface area (Å²) >= 11 is 0. The molecule has 18 heavy (non-hydrogen) atoms. The number of aromatic nitrogens is 1. The topological polar surface area (TPSA) is 38.1 Å². The monoisotopic (exact) mass is 244 g/mol. The number of piperidine rings is 1. The Hall–Kier alpha value is -1.35. The molecule has 1 saturated heterocycles. The predicted octanol–water partition coefficient (Wildman–Crippen LogP) is 3.42. The summed E-state index contributed by atoms with van der Waals surface area (Å²) in [5, 5.41) is 3.38. The van der Waals surface area contributed by atoms with Crippen LogP contribution in [0.15, 0.2) is 22.6 Å². The third-order valence-electron chi connectivity index (χ3n) is 3.77. The molecule has 1 aliphatic rings. The lowest BCUT2D eigenvalue weighted by atomic mass is 9.98. The normalized spacial score (nSPS) is 17.7. The van der Waals surface area contributed by atoms with Crippen molar-refractivity contribution < 1.29 is 4.42 Å². The Bertz CT molecular complexity index is 538. The summed E-state index contributed by atoms with van der Waals surface area (Å²) in [5.41, 5.74) is 3.26. The molecule has 3 nitrogen and oxygen atoms in total. The van der Waals surface area contributed by atoms with Gasteiger partial charge < -0.3 is 9.73 Å². The molecule has 3 rings (SSSR count). The van der Waals surface area contributed by atoms with Crippen LogP contribution in [-0.2, 0) is 0 Å². The molecule has 0 bridgehead atoms. The number of rotatable bonds is 2. The molecule has 3 heteroatoms. The highest BCUT2D eigenvalue weighted by Gasteiger charge is 2.21. The van der Waals surface area contributed by atoms with Crippen LogP contribution in [0, 0.1) is 0 Å². The van der Waals surface area contributed by atoms with Crippen molar-refractivity contribution in [2.24, 2.45) is 0 Å². The van der Waals surface area contributed by atoms with Crippen LogP contribution in [-0.4, -0.2) is 18.1 Å². The van der Waals surface area contributed by atoms with Crippen molar-refractivity contribution in [2.45, 2.75) is 38.5 Å². The summed E-state index contributed by atoms with van der Waals surface area (Å²) in [6.07, 6.45) is 2.26. The lowest BCUT2D eigenvalue weighted by Gasteiger charge is -2.19. The maximum atomic E-state index is 6.06. The van der Waals surface area contributed by atoms with E-state index in [-0.39, 0.29) is 0 Å². The van der Waals surface area contributed by atoms with Crippen LogP contribution in [0.25, 0.3) is 11.1 Å². The second-order valence-corrected chi connectivity index (χ2v) is 5.43. The van der Waals surface area contributed by atoms with Crippen LogP contribution in [0.2, 0.25) is 0 Å². The first-order chi connectivity index (χ1) is 8.75. The standard InChI is InChI=1S/C15H20N2O/c1-10(2)12-4-3-5-13-14(12)18-15(17-13)11-6-8-16-9-7-11/h3-5,10-11,16H,6-9H2,1-2H3. The van der Waals surface area contributed by atoms with E-state index in [1.165, 1.54) is 5.56 Å². The van der Waals surface area contributed by atoms with Gasteiger partial charge in [-0.2, -0.15) is 0 Å². The van der Waals surface area contributed by atoms with Crippen LogP contribution in [0.4, 0.5) is 0 Å². The number of oxazole rings is 1. The van der Waals surface area contributed by atoms with Gasteiger partial charge in [-0.05, 0) is 43.5 Å². The molecule has 0 spiro atoms. The minimum Gasteiger partial charge on any atom is -0.440 e. The number of hydrogen-bond donors (Lipinski definition) is 1. The molecule has 96 valence electrons. The van der Waals surface area contributed by atoms with E-state index >= 15 is 0 Å². The van der Waals surface area contributed by atoms with E-state index in [9.17, 15) is 0 Å². The number of fused-ring (bicyclic) bond motifs is 1. The second kappa shape index (κ2) is 4.73. The molecular weight excluding hydrogens is 224 g/mol. The maximum absolute atomic E-state index is 6.06. The van der Waals surface area contributed by atoms with Gasteiger partial charge in [-0.1, -0.05) is 26.0 Å². The maximum Gasteiger partial charge on any atom is 0.198 e. The number of para-hydroxylation sites is 1. The number of benzene rings is 1. The van der Waals surface area contributed by atoms with Crippen molar-refractivity contribution >= 4 is 11.1 Å². The average molecular weight is 244 g/mol. The van der Waals surface area contributed by atoms with Gasteiger partial charge in [0, 0.05) is 5.92 Å². The molecule has 1 aromatic heterocycles. The quantitative estimate of drug-likeness (QED) is 0.879. The van der Waals surface area contributed by atoms with Crippen LogP contribution in [0.3, 0.4) is 0 Å². The van der Waals surface area contributed by atoms with E-state index in [0.717, 1.165) is 42.9 Å². The van der Waals surface area contributed by atoms with Crippen LogP contribution < -0.4 is 5.32 Å². The van der Waals surface area contributed by atoms with E-state index in [4.69, 9.17) is 4.42 Å². The summed E-state index contributed by atoms with van der Waals surface area (Å²) < 4.78 is 6.06. The molecule has 1 aliphatic heterocycles. The van der Waals surface area contributed by atoms with E-state index in [2.05, 4.69) is 42.3 Å². The average Bonchev–Trinajstić information content (AvgIpc) is 2.83. The summed E-state index contributed by atoms with van der Waals surface area (Å²) in [6.45, 7) is 6.53. The molecule has 0 radical (unpaired) electrons. The van der Waals surface area contributed by atoms with E-state index in [0.29, 0.717) is 11.8 Å². The van der Waals surface area contributed by atoms with Gasteiger partial charge in [0.2, 0.25) is 0 Å². The van der Waals surface area contributed by atoms with Crippen molar-refractivity contribution in [1.82, 2.24) is 10.3 Å². The SMILES string of the molecule is CC(C)c1cccc2nc(C3CCNCC3)oc12. The van der Waals surface area contributed by atoms with Crippen molar-refractivity contribution in [1.29, 1.82) is 0 Å². The molecule has 0 aliphatic carbocycles. The Morgan fingerprint density at radius 2 is 2.06 bits per heavy atom. The third-order valence-corrected chi connectivity index (χ3v) is 3.77. The zero-order valence-electron chi connectivity index (χ0n) is 11.1. The van der Waals surface area contributed by atoms with Gasteiger partial charge in [0.05, 0.1) is 0 Å². The van der Waals surface area contributed by atoms with Gasteiger partial charge >= 0.3 is 0 Å². The first kappa shape index (κ1) is 11.7. The third kappa shape index (κ3) is 2.03. The molecule has 2 heterocycles. The Labute approximate surface area is 108 Å². The van der Waals surface area contributed by atoms with Crippen molar-refractivity contribution in [3.05, 3.63) is 29.7 Å². The first-order valence-electron chi connectivity index (χ1n) is 6.86. The number of nitrogens with one attached hydrogen (secondary N) is 1. The second-order valence-electron chi connectivity index (χ2n) is 5.43. The Balaban J connectivity index is 2.02. The van der Waals surface area contributed by atoms with Gasteiger partial charge in [-0.25, -0.2) is 4.98 Å². The van der Waals surface area contributed by atoms with Crippen molar-refractivity contribution in [2.75, 3.05) is 13.1 Å². The number of hydrogen-bond acceptors (Lipinski definition) is 3. The van der Waals surface area contributed by atoms with Crippen LogP contribution >= 0.6 is 0 Å². The minimum atomic E-state index is 0.475. The predicted molar refractivity (Wildman–Crippen MR) is 72.9 cm³/mol. The van der Waals surface area contributed by atoms with Gasteiger partial charge in [-0.3, -0.25) is 0 Å². The number of nitrogens with zero attached hydrogens (tertiary/aromatic N) is 1. The zero-order chi connectivity index (χ0) is 12.5. The molecule has 1 aromatic carbocycles. The summed E-state index contributed by atoms with van der Waals surface area (Å²) in [5.74, 6) is 1.89. The van der Waals surface area contributed by atoms with Crippen molar-refractivity contribution in [3.8, 4) is 0 Å². The molecule has 0 unspecified atom stereocenters. The van der Waals surface area contributed by atoms with Crippen molar-refractivity contribution in [3.63, 3.8) is 0 Å². The van der Waals surface area contributed by atoms with E-state index in [1.54, 1.807) is 0 Å². The molecule has 0 saturated carbocycles. The molecule has 0 amide bonds. The van der Waals surface area contributed by atoms with E-state index < -0.39 is 0 Å². The fraction of sp³-hybridized carbons (Fsp3) is 0.533. The highest BCUT2D eigenvalue weighted by molar-refractivity contribution is 5.77. The summed E-state index contributed by atoms with van der Waals surface area (Å²) in [7, 11) is 0. The Morgan fingerprint density at radius 1 is 1.28 bits per heavy atom. The van der Waals surface area contributed by atoms with Crippen LogP contribution in [0.5, 0.6) is 0 Å². The molecule has 0 atom stereocenters.